The Morgan fingerprint density at radius 3 is 2.50 bits per heavy atom. The van der Waals surface area contributed by atoms with Crippen LogP contribution in [0.4, 0.5) is 0 Å². The molecule has 22 heavy (non-hydrogen) atoms. The van der Waals surface area contributed by atoms with Crippen molar-refractivity contribution in [3.63, 3.8) is 0 Å². The lowest BCUT2D eigenvalue weighted by molar-refractivity contribution is 0.111. The summed E-state index contributed by atoms with van der Waals surface area (Å²) in [5.74, 6) is 0. The van der Waals surface area contributed by atoms with E-state index in [1.54, 1.807) is 19.1 Å². The van der Waals surface area contributed by atoms with E-state index in [0.717, 1.165) is 29.8 Å². The lowest BCUT2D eigenvalue weighted by Crippen LogP contribution is -1.96. The minimum atomic E-state index is 0.160. The van der Waals surface area contributed by atoms with Crippen LogP contribution in [0, 0.1) is 12.3 Å². The predicted molar refractivity (Wildman–Crippen MR) is 86.5 cm³/mol. The minimum Gasteiger partial charge on any atom is -0.396 e. The number of aldehydes is 1. The van der Waals surface area contributed by atoms with Crippen molar-refractivity contribution in [3.8, 4) is 0 Å². The topological polar surface area (TPSA) is 86.9 Å². The van der Waals surface area contributed by atoms with Crippen LogP contribution < -0.4 is 0 Å². The van der Waals surface area contributed by atoms with Gasteiger partial charge in [-0.25, -0.2) is 0 Å². The molecule has 2 aromatic heterocycles. The third-order valence-corrected chi connectivity index (χ3v) is 2.81. The van der Waals surface area contributed by atoms with Gasteiger partial charge in [0.05, 0.1) is 11.4 Å². The van der Waals surface area contributed by atoms with E-state index in [1.807, 2.05) is 31.2 Å². The number of aryl methyl sites for hydroxylation is 2. The summed E-state index contributed by atoms with van der Waals surface area (Å²) in [6.45, 7) is 3.82. The monoisotopic (exact) mass is 299 g/mol. The summed E-state index contributed by atoms with van der Waals surface area (Å²) >= 11 is 0. The molecule has 2 rings (SSSR count). The highest BCUT2D eigenvalue weighted by atomic mass is 16.2. The van der Waals surface area contributed by atoms with Crippen molar-refractivity contribution in [2.24, 2.45) is 0 Å². The molecule has 2 aromatic rings. The summed E-state index contributed by atoms with van der Waals surface area (Å²) in [4.78, 5) is 18.5. The van der Waals surface area contributed by atoms with Gasteiger partial charge in [-0.15, -0.1) is 0 Å². The van der Waals surface area contributed by atoms with Crippen LogP contribution in [0.1, 0.15) is 40.9 Å². The van der Waals surface area contributed by atoms with E-state index >= 15 is 0 Å². The van der Waals surface area contributed by atoms with Gasteiger partial charge in [0.15, 0.2) is 6.29 Å². The van der Waals surface area contributed by atoms with E-state index in [9.17, 15) is 4.79 Å². The fourth-order valence-electron chi connectivity index (χ4n) is 1.72. The number of carbonyl (C=O) groups excluding carboxylic acids is 1. The maximum atomic E-state index is 10.3. The van der Waals surface area contributed by atoms with Crippen LogP contribution in [-0.4, -0.2) is 33.7 Å². The molecule has 0 atom stereocenters. The van der Waals surface area contributed by atoms with Crippen LogP contribution in [0.25, 0.3) is 0 Å². The number of nitrogens with one attached hydrogen (secondary N) is 1. The average molecular weight is 299 g/mol. The van der Waals surface area contributed by atoms with E-state index in [-0.39, 0.29) is 6.61 Å². The number of rotatable bonds is 5. The van der Waals surface area contributed by atoms with Crippen molar-refractivity contribution in [2.75, 3.05) is 6.61 Å². The minimum absolute atomic E-state index is 0.160. The number of aromatic nitrogens is 2. The Morgan fingerprint density at radius 1 is 1.23 bits per heavy atom. The normalized spacial score (nSPS) is 9.59. The molecule has 0 radical (unpaired) electrons. The summed E-state index contributed by atoms with van der Waals surface area (Å²) in [7, 11) is 0. The van der Waals surface area contributed by atoms with E-state index in [2.05, 4.69) is 9.97 Å². The highest BCUT2D eigenvalue weighted by Crippen LogP contribution is 2.00. The second kappa shape index (κ2) is 9.52. The number of pyridine rings is 2. The zero-order valence-corrected chi connectivity index (χ0v) is 12.9. The standard InChI is InChI=1S/C9H11NO2.C8H10N2/c11-6-2-5-8-3-1-4-9(7-12)10-8;1-6-4-3-5-8(10-6)7(2)9/h1,3-4,7,11H,2,5-6H2;3-5,9H,1-2H3. The van der Waals surface area contributed by atoms with Gasteiger partial charge in [0.2, 0.25) is 0 Å². The molecule has 0 bridgehead atoms. The summed E-state index contributed by atoms with van der Waals surface area (Å²) in [6.07, 6.45) is 2.13. The van der Waals surface area contributed by atoms with Gasteiger partial charge in [-0.1, -0.05) is 12.1 Å². The third-order valence-electron chi connectivity index (χ3n) is 2.81. The van der Waals surface area contributed by atoms with Crippen LogP contribution in [0.2, 0.25) is 0 Å². The molecule has 116 valence electrons. The molecular formula is C17H21N3O2. The number of hydrogen-bond acceptors (Lipinski definition) is 5. The zero-order valence-electron chi connectivity index (χ0n) is 12.9. The zero-order chi connectivity index (χ0) is 16.4. The van der Waals surface area contributed by atoms with E-state index in [1.165, 1.54) is 0 Å². The molecule has 0 aliphatic heterocycles. The van der Waals surface area contributed by atoms with Gasteiger partial charge in [0.1, 0.15) is 5.69 Å². The Morgan fingerprint density at radius 2 is 1.95 bits per heavy atom. The van der Waals surface area contributed by atoms with Gasteiger partial charge in [0, 0.05) is 18.0 Å². The van der Waals surface area contributed by atoms with Gasteiger partial charge < -0.3 is 10.5 Å². The van der Waals surface area contributed by atoms with Crippen molar-refractivity contribution in [2.45, 2.75) is 26.7 Å². The van der Waals surface area contributed by atoms with Crippen molar-refractivity contribution in [1.29, 1.82) is 5.41 Å². The molecule has 0 aliphatic rings. The Kier molecular flexibility index (Phi) is 7.64. The second-order valence-corrected chi connectivity index (χ2v) is 4.79. The molecule has 5 nitrogen and oxygen atoms in total. The lowest BCUT2D eigenvalue weighted by atomic mass is 10.2. The fraction of sp³-hybridized carbons (Fsp3) is 0.294. The Balaban J connectivity index is 0.000000224. The molecule has 2 heterocycles. The van der Waals surface area contributed by atoms with E-state index in [4.69, 9.17) is 10.5 Å². The first-order valence-electron chi connectivity index (χ1n) is 7.08. The molecule has 2 N–H and O–H groups in total. The van der Waals surface area contributed by atoms with E-state index < -0.39 is 0 Å². The van der Waals surface area contributed by atoms with Crippen molar-refractivity contribution >= 4 is 12.0 Å². The number of aliphatic hydroxyl groups is 1. The summed E-state index contributed by atoms with van der Waals surface area (Å²) in [5.41, 5.74) is 3.55. The second-order valence-electron chi connectivity index (χ2n) is 4.79. The number of hydrogen-bond donors (Lipinski definition) is 2. The summed E-state index contributed by atoms with van der Waals surface area (Å²) in [6, 6.07) is 11.0. The van der Waals surface area contributed by atoms with Crippen molar-refractivity contribution < 1.29 is 9.90 Å². The number of carbonyl (C=O) groups is 1. The summed E-state index contributed by atoms with van der Waals surface area (Å²) < 4.78 is 0. The maximum Gasteiger partial charge on any atom is 0.168 e. The average Bonchev–Trinajstić information content (AvgIpc) is 2.53. The number of nitrogens with zero attached hydrogens (tertiary/aromatic N) is 2. The molecule has 0 saturated heterocycles. The van der Waals surface area contributed by atoms with Gasteiger partial charge in [-0.05, 0) is 51.0 Å². The van der Waals surface area contributed by atoms with Crippen molar-refractivity contribution in [3.05, 3.63) is 59.2 Å². The maximum absolute atomic E-state index is 10.3. The molecule has 0 unspecified atom stereocenters. The highest BCUT2D eigenvalue weighted by molar-refractivity contribution is 5.94. The molecule has 0 fully saturated rings. The lowest BCUT2D eigenvalue weighted by Gasteiger charge is -1.98. The summed E-state index contributed by atoms with van der Waals surface area (Å²) in [5, 5.41) is 15.8. The van der Waals surface area contributed by atoms with E-state index in [0.29, 0.717) is 17.8 Å². The van der Waals surface area contributed by atoms with Crippen molar-refractivity contribution in [1.82, 2.24) is 9.97 Å². The van der Waals surface area contributed by atoms with Crippen LogP contribution in [0.3, 0.4) is 0 Å². The largest absolute Gasteiger partial charge is 0.396 e. The molecule has 0 saturated carbocycles. The SMILES string of the molecule is CC(=N)c1cccc(C)n1.O=Cc1cccc(CCCO)n1. The number of aliphatic hydroxyl groups excluding tert-OH is 1. The Labute approximate surface area is 130 Å². The molecule has 5 heteroatoms. The third kappa shape index (κ3) is 6.37. The smallest absolute Gasteiger partial charge is 0.168 e. The van der Waals surface area contributed by atoms with Gasteiger partial charge >= 0.3 is 0 Å². The van der Waals surface area contributed by atoms with Gasteiger partial charge in [0.25, 0.3) is 0 Å². The molecule has 0 spiro atoms. The first-order valence-corrected chi connectivity index (χ1v) is 7.08. The quantitative estimate of drug-likeness (QED) is 0.656. The first kappa shape index (κ1) is 17.7. The first-order chi connectivity index (χ1) is 10.6. The van der Waals surface area contributed by atoms with Gasteiger partial charge in [-0.2, -0.15) is 0 Å². The predicted octanol–water partition coefficient (Wildman–Crippen LogP) is 2.60. The molecular weight excluding hydrogens is 278 g/mol. The van der Waals surface area contributed by atoms with Crippen LogP contribution >= 0.6 is 0 Å². The molecule has 0 aromatic carbocycles. The molecule has 0 amide bonds. The fourth-order valence-corrected chi connectivity index (χ4v) is 1.72. The Bertz CT molecular complexity index is 627. The van der Waals surface area contributed by atoms with Crippen LogP contribution in [0.15, 0.2) is 36.4 Å². The van der Waals surface area contributed by atoms with Crippen LogP contribution in [-0.2, 0) is 6.42 Å². The molecule has 0 aliphatic carbocycles. The van der Waals surface area contributed by atoms with Gasteiger partial charge in [-0.3, -0.25) is 14.8 Å². The van der Waals surface area contributed by atoms with Crippen LogP contribution in [0.5, 0.6) is 0 Å². The Hall–Kier alpha value is -2.40. The highest BCUT2D eigenvalue weighted by Gasteiger charge is 1.95.